The summed E-state index contributed by atoms with van der Waals surface area (Å²) in [5, 5.41) is 0. The molecule has 0 radical (unpaired) electrons. The molecule has 0 heterocycles. The average molecular weight is 252 g/mol. The predicted octanol–water partition coefficient (Wildman–Crippen LogP) is 3.63. The van der Waals surface area contributed by atoms with Crippen molar-refractivity contribution >= 4 is 0 Å². The summed E-state index contributed by atoms with van der Waals surface area (Å²) in [5.74, 6) is 0. The highest BCUT2D eigenvalue weighted by Crippen LogP contribution is 2.41. The zero-order chi connectivity index (χ0) is 14.8. The van der Waals surface area contributed by atoms with Gasteiger partial charge >= 0.3 is 0 Å². The second-order valence-corrected chi connectivity index (χ2v) is 7.75. The van der Waals surface area contributed by atoms with E-state index in [1.165, 1.54) is 0 Å². The van der Waals surface area contributed by atoms with E-state index in [-0.39, 0.29) is 21.9 Å². The molecule has 0 saturated carbocycles. The SMILES string of the molecule is CC(C)(N)/C=C/C(C)(C)C(C)(C)/C=C/C(C)(C)N. The van der Waals surface area contributed by atoms with Gasteiger partial charge in [0.1, 0.15) is 0 Å². The largest absolute Gasteiger partial charge is 0.322 e. The van der Waals surface area contributed by atoms with Gasteiger partial charge in [-0.2, -0.15) is 0 Å². The first-order chi connectivity index (χ1) is 7.66. The standard InChI is InChI=1S/C16H32N2/c1-13(2,9-11-15(5,6)17)14(3,4)10-12-16(7,8)18/h9-12H,17-18H2,1-8H3/b11-9+,12-10+. The molecule has 0 aliphatic carbocycles. The summed E-state index contributed by atoms with van der Waals surface area (Å²) in [7, 11) is 0. The van der Waals surface area contributed by atoms with E-state index < -0.39 is 0 Å². The first-order valence-corrected chi connectivity index (χ1v) is 6.65. The van der Waals surface area contributed by atoms with Crippen LogP contribution in [0, 0.1) is 10.8 Å². The molecule has 0 saturated heterocycles. The Morgan fingerprint density at radius 2 is 0.722 bits per heavy atom. The lowest BCUT2D eigenvalue weighted by atomic mass is 9.67. The van der Waals surface area contributed by atoms with Gasteiger partial charge in [0.25, 0.3) is 0 Å². The van der Waals surface area contributed by atoms with Gasteiger partial charge in [-0.15, -0.1) is 0 Å². The zero-order valence-electron chi connectivity index (χ0n) is 13.5. The summed E-state index contributed by atoms with van der Waals surface area (Å²) < 4.78 is 0. The highest BCUT2D eigenvalue weighted by molar-refractivity contribution is 5.15. The lowest BCUT2D eigenvalue weighted by Crippen LogP contribution is -2.34. The summed E-state index contributed by atoms with van der Waals surface area (Å²) in [6, 6.07) is 0. The van der Waals surface area contributed by atoms with E-state index in [9.17, 15) is 0 Å². The first kappa shape index (κ1) is 17.4. The summed E-state index contributed by atoms with van der Waals surface area (Å²) in [5.41, 5.74) is 11.5. The minimum absolute atomic E-state index is 0.0192. The van der Waals surface area contributed by atoms with Crippen molar-refractivity contribution in [1.29, 1.82) is 0 Å². The van der Waals surface area contributed by atoms with Gasteiger partial charge in [-0.05, 0) is 38.5 Å². The monoisotopic (exact) mass is 252 g/mol. The molecular formula is C16H32N2. The van der Waals surface area contributed by atoms with Crippen molar-refractivity contribution in [1.82, 2.24) is 0 Å². The molecule has 0 aromatic rings. The smallest absolute Gasteiger partial charge is 0.0281 e. The molecule has 18 heavy (non-hydrogen) atoms. The van der Waals surface area contributed by atoms with Gasteiger partial charge in [-0.1, -0.05) is 52.0 Å². The van der Waals surface area contributed by atoms with Crippen LogP contribution in [0.1, 0.15) is 55.4 Å². The summed E-state index contributed by atoms with van der Waals surface area (Å²) >= 11 is 0. The Balaban J connectivity index is 5.09. The Morgan fingerprint density at radius 1 is 0.500 bits per heavy atom. The second-order valence-electron chi connectivity index (χ2n) is 7.75. The fourth-order valence-corrected chi connectivity index (χ4v) is 1.28. The van der Waals surface area contributed by atoms with E-state index in [0.29, 0.717) is 0 Å². The maximum absolute atomic E-state index is 6.00. The van der Waals surface area contributed by atoms with Crippen molar-refractivity contribution in [2.45, 2.75) is 66.5 Å². The Hall–Kier alpha value is -0.600. The van der Waals surface area contributed by atoms with Crippen LogP contribution in [0.2, 0.25) is 0 Å². The Morgan fingerprint density at radius 3 is 0.889 bits per heavy atom. The molecule has 2 nitrogen and oxygen atoms in total. The third kappa shape index (κ3) is 6.36. The quantitative estimate of drug-likeness (QED) is 0.734. The van der Waals surface area contributed by atoms with Crippen molar-refractivity contribution in [2.24, 2.45) is 22.3 Å². The van der Waals surface area contributed by atoms with Gasteiger partial charge in [0, 0.05) is 11.1 Å². The van der Waals surface area contributed by atoms with Crippen LogP contribution in [0.25, 0.3) is 0 Å². The molecule has 0 amide bonds. The topological polar surface area (TPSA) is 52.0 Å². The molecule has 0 rings (SSSR count). The van der Waals surface area contributed by atoms with Gasteiger partial charge in [-0.25, -0.2) is 0 Å². The van der Waals surface area contributed by atoms with Crippen LogP contribution in [0.15, 0.2) is 24.3 Å². The maximum atomic E-state index is 6.00. The Bertz CT molecular complexity index is 286. The number of nitrogens with two attached hydrogens (primary N) is 2. The molecular weight excluding hydrogens is 220 g/mol. The third-order valence-electron chi connectivity index (χ3n) is 3.52. The number of hydrogen-bond donors (Lipinski definition) is 2. The van der Waals surface area contributed by atoms with Crippen LogP contribution in [0.5, 0.6) is 0 Å². The fraction of sp³-hybridized carbons (Fsp3) is 0.750. The molecule has 0 atom stereocenters. The van der Waals surface area contributed by atoms with E-state index in [1.54, 1.807) is 0 Å². The minimum atomic E-state index is -0.274. The molecule has 0 aliphatic heterocycles. The van der Waals surface area contributed by atoms with Crippen molar-refractivity contribution in [3.63, 3.8) is 0 Å². The van der Waals surface area contributed by atoms with Crippen LogP contribution in [-0.4, -0.2) is 11.1 Å². The molecule has 4 N–H and O–H groups in total. The van der Waals surface area contributed by atoms with Crippen molar-refractivity contribution in [3.05, 3.63) is 24.3 Å². The van der Waals surface area contributed by atoms with Crippen molar-refractivity contribution in [2.75, 3.05) is 0 Å². The van der Waals surface area contributed by atoms with Gasteiger partial charge in [0.05, 0.1) is 0 Å². The Kier molecular flexibility index (Phi) is 5.01. The molecule has 0 spiro atoms. The van der Waals surface area contributed by atoms with Crippen LogP contribution in [-0.2, 0) is 0 Å². The summed E-state index contributed by atoms with van der Waals surface area (Å²) in [4.78, 5) is 0. The number of allylic oxidation sites excluding steroid dienone is 2. The van der Waals surface area contributed by atoms with Gasteiger partial charge < -0.3 is 11.5 Å². The van der Waals surface area contributed by atoms with E-state index >= 15 is 0 Å². The number of hydrogen-bond acceptors (Lipinski definition) is 2. The first-order valence-electron chi connectivity index (χ1n) is 6.65. The molecule has 0 aliphatic rings. The van der Waals surface area contributed by atoms with E-state index in [1.807, 2.05) is 27.7 Å². The number of rotatable bonds is 5. The highest BCUT2D eigenvalue weighted by Gasteiger charge is 2.33. The average Bonchev–Trinajstić information content (AvgIpc) is 2.10. The second kappa shape index (κ2) is 5.18. The third-order valence-corrected chi connectivity index (χ3v) is 3.52. The minimum Gasteiger partial charge on any atom is -0.322 e. The molecule has 0 fully saturated rings. The highest BCUT2D eigenvalue weighted by atomic mass is 14.7. The Labute approximate surface area is 114 Å². The van der Waals surface area contributed by atoms with Crippen LogP contribution in [0.4, 0.5) is 0 Å². The molecule has 0 aromatic carbocycles. The fourth-order valence-electron chi connectivity index (χ4n) is 1.28. The summed E-state index contributed by atoms with van der Waals surface area (Å²) in [6.45, 7) is 16.9. The van der Waals surface area contributed by atoms with Gasteiger partial charge in [-0.3, -0.25) is 0 Å². The van der Waals surface area contributed by atoms with Gasteiger partial charge in [0.15, 0.2) is 0 Å². The molecule has 106 valence electrons. The normalized spacial score (nSPS) is 15.9. The summed E-state index contributed by atoms with van der Waals surface area (Å²) in [6.07, 6.45) is 8.58. The lowest BCUT2D eigenvalue weighted by Gasteiger charge is -2.38. The van der Waals surface area contributed by atoms with Crippen LogP contribution < -0.4 is 11.5 Å². The van der Waals surface area contributed by atoms with Crippen LogP contribution >= 0.6 is 0 Å². The van der Waals surface area contributed by atoms with Crippen molar-refractivity contribution < 1.29 is 0 Å². The van der Waals surface area contributed by atoms with Crippen LogP contribution in [0.3, 0.4) is 0 Å². The van der Waals surface area contributed by atoms with E-state index in [4.69, 9.17) is 11.5 Å². The molecule has 0 unspecified atom stereocenters. The zero-order valence-corrected chi connectivity index (χ0v) is 13.5. The van der Waals surface area contributed by atoms with E-state index in [2.05, 4.69) is 52.0 Å². The van der Waals surface area contributed by atoms with E-state index in [0.717, 1.165) is 0 Å². The predicted molar refractivity (Wildman–Crippen MR) is 82.4 cm³/mol. The van der Waals surface area contributed by atoms with Crippen molar-refractivity contribution in [3.8, 4) is 0 Å². The van der Waals surface area contributed by atoms with Gasteiger partial charge in [0.2, 0.25) is 0 Å². The lowest BCUT2D eigenvalue weighted by molar-refractivity contribution is 0.230. The maximum Gasteiger partial charge on any atom is 0.0281 e. The molecule has 2 heteroatoms. The molecule has 0 aromatic heterocycles. The molecule has 0 bridgehead atoms.